The number of ether oxygens (including phenoxy) is 2. The van der Waals surface area contributed by atoms with Crippen LogP contribution in [-0.2, 0) is 10.9 Å². The summed E-state index contributed by atoms with van der Waals surface area (Å²) < 4.78 is 51.3. The van der Waals surface area contributed by atoms with Crippen molar-refractivity contribution >= 4 is 34.4 Å². The fourth-order valence-electron chi connectivity index (χ4n) is 3.38. The number of alkyl halides is 3. The Labute approximate surface area is 191 Å². The highest BCUT2D eigenvalue weighted by Crippen LogP contribution is 2.37. The van der Waals surface area contributed by atoms with Gasteiger partial charge in [-0.2, -0.15) is 13.2 Å². The molecule has 2 heterocycles. The van der Waals surface area contributed by atoms with Gasteiger partial charge in [-0.15, -0.1) is 5.10 Å². The van der Waals surface area contributed by atoms with Gasteiger partial charge in [-0.05, 0) is 29.8 Å². The topological polar surface area (TPSA) is 108 Å². The first-order valence-corrected chi connectivity index (χ1v) is 9.97. The Hall–Kier alpha value is -3.57. The third-order valence-electron chi connectivity index (χ3n) is 5.00. The summed E-state index contributed by atoms with van der Waals surface area (Å²) in [5, 5.41) is 15.4. The van der Waals surface area contributed by atoms with Gasteiger partial charge < -0.3 is 20.5 Å². The lowest BCUT2D eigenvalue weighted by Gasteiger charge is -2.31. The predicted molar refractivity (Wildman–Crippen MR) is 118 cm³/mol. The number of amidine groups is 2. The quantitative estimate of drug-likeness (QED) is 0.345. The zero-order chi connectivity index (χ0) is 23.8. The van der Waals surface area contributed by atoms with E-state index in [1.165, 1.54) is 19.4 Å². The monoisotopic (exact) mass is 478 g/mol. The van der Waals surface area contributed by atoms with Gasteiger partial charge in [0.1, 0.15) is 11.9 Å². The van der Waals surface area contributed by atoms with Crippen molar-refractivity contribution in [3.8, 4) is 5.75 Å². The summed E-state index contributed by atoms with van der Waals surface area (Å²) in [6.07, 6.45) is -3.96. The van der Waals surface area contributed by atoms with Gasteiger partial charge in [0, 0.05) is 35.0 Å². The molecule has 0 fully saturated rings. The molecule has 0 amide bonds. The highest BCUT2D eigenvalue weighted by atomic mass is 35.5. The fourth-order valence-corrected chi connectivity index (χ4v) is 3.52. The minimum absolute atomic E-state index is 0.0521. The average molecular weight is 479 g/mol. The zero-order valence-corrected chi connectivity index (χ0v) is 17.9. The Morgan fingerprint density at radius 1 is 1.24 bits per heavy atom. The van der Waals surface area contributed by atoms with Gasteiger partial charge in [-0.25, -0.2) is 10.0 Å². The molecule has 12 heteroatoms. The van der Waals surface area contributed by atoms with Crippen LogP contribution in [0.2, 0.25) is 0 Å². The second kappa shape index (κ2) is 8.75. The SMILES string of the molecule is COC1=NC=C(c2ccc(C(F)(F)F)cc2OC2=NN(C(=N)Cl)C(N)c3ccccc32)CN1. The van der Waals surface area contributed by atoms with Crippen LogP contribution in [0.25, 0.3) is 5.57 Å². The molecule has 0 aliphatic carbocycles. The Balaban J connectivity index is 1.82. The van der Waals surface area contributed by atoms with Crippen molar-refractivity contribution in [2.75, 3.05) is 13.7 Å². The van der Waals surface area contributed by atoms with Crippen molar-refractivity contribution in [1.29, 1.82) is 5.41 Å². The number of benzene rings is 2. The normalized spacial score (nSPS) is 17.8. The molecule has 0 saturated heterocycles. The molecule has 4 rings (SSSR count). The summed E-state index contributed by atoms with van der Waals surface area (Å²) in [5.41, 5.74) is 7.22. The van der Waals surface area contributed by atoms with Crippen LogP contribution in [0, 0.1) is 5.41 Å². The third kappa shape index (κ3) is 4.50. The van der Waals surface area contributed by atoms with Crippen LogP contribution in [0.15, 0.2) is 58.8 Å². The maximum absolute atomic E-state index is 13.5. The number of fused-ring (bicyclic) bond motifs is 1. The van der Waals surface area contributed by atoms with Gasteiger partial charge in [0.25, 0.3) is 6.02 Å². The molecule has 4 N–H and O–H groups in total. The van der Waals surface area contributed by atoms with E-state index >= 15 is 0 Å². The number of nitrogens with zero attached hydrogens (tertiary/aromatic N) is 3. The van der Waals surface area contributed by atoms with E-state index in [0.29, 0.717) is 22.3 Å². The first-order chi connectivity index (χ1) is 15.7. The Morgan fingerprint density at radius 2 is 2.00 bits per heavy atom. The van der Waals surface area contributed by atoms with Crippen LogP contribution >= 0.6 is 11.6 Å². The number of nitrogens with two attached hydrogens (primary N) is 1. The fraction of sp³-hybridized carbons (Fsp3) is 0.190. The largest absolute Gasteiger partial charge is 0.468 e. The number of nitrogens with one attached hydrogen (secondary N) is 2. The maximum atomic E-state index is 13.5. The first kappa shape index (κ1) is 22.6. The van der Waals surface area contributed by atoms with Crippen molar-refractivity contribution in [2.45, 2.75) is 12.3 Å². The molecule has 2 aromatic carbocycles. The standard InChI is InChI=1S/C21H18ClF3N6O2/c1-32-20-28-9-11(10-29-20)13-7-6-12(21(23,24)25)8-16(13)33-18-15-5-3-2-4-14(15)17(26)31(30-18)19(22)27/h2-9,17,27H,10,26H2,1H3,(H,28,29). The summed E-state index contributed by atoms with van der Waals surface area (Å²) in [4.78, 5) is 4.09. The zero-order valence-electron chi connectivity index (χ0n) is 17.2. The lowest BCUT2D eigenvalue weighted by Crippen LogP contribution is -2.39. The number of halogens is 4. The van der Waals surface area contributed by atoms with Crippen molar-refractivity contribution in [1.82, 2.24) is 10.3 Å². The minimum Gasteiger partial charge on any atom is -0.468 e. The molecule has 172 valence electrons. The van der Waals surface area contributed by atoms with Crippen LogP contribution in [0.1, 0.15) is 28.4 Å². The second-order valence-corrected chi connectivity index (χ2v) is 7.39. The van der Waals surface area contributed by atoms with E-state index in [4.69, 9.17) is 32.2 Å². The first-order valence-electron chi connectivity index (χ1n) is 9.60. The minimum atomic E-state index is -4.59. The van der Waals surface area contributed by atoms with Gasteiger partial charge in [0.2, 0.25) is 11.2 Å². The highest BCUT2D eigenvalue weighted by Gasteiger charge is 2.33. The number of aliphatic imine (C=N–C) groups is 1. The van der Waals surface area contributed by atoms with E-state index in [2.05, 4.69) is 15.4 Å². The molecule has 8 nitrogen and oxygen atoms in total. The van der Waals surface area contributed by atoms with E-state index in [-0.39, 0.29) is 24.2 Å². The molecule has 2 aliphatic heterocycles. The number of methoxy groups -OCH3 is 1. The molecule has 0 radical (unpaired) electrons. The summed E-state index contributed by atoms with van der Waals surface area (Å²) in [6.45, 7) is 0.251. The lowest BCUT2D eigenvalue weighted by atomic mass is 10.0. The number of hydrogen-bond donors (Lipinski definition) is 3. The molecule has 2 aliphatic rings. The smallest absolute Gasteiger partial charge is 0.416 e. The molecule has 0 saturated carbocycles. The highest BCUT2D eigenvalue weighted by molar-refractivity contribution is 6.63. The Morgan fingerprint density at radius 3 is 2.64 bits per heavy atom. The molecule has 0 bridgehead atoms. The summed E-state index contributed by atoms with van der Waals surface area (Å²) >= 11 is 5.83. The van der Waals surface area contributed by atoms with Gasteiger partial charge in [-0.3, -0.25) is 5.41 Å². The summed E-state index contributed by atoms with van der Waals surface area (Å²) in [6, 6.07) is 10.3. The van der Waals surface area contributed by atoms with Crippen molar-refractivity contribution in [3.05, 3.63) is 70.9 Å². The Kier molecular flexibility index (Phi) is 6.00. The average Bonchev–Trinajstić information content (AvgIpc) is 2.80. The molecular formula is C21H18ClF3N6O2. The van der Waals surface area contributed by atoms with Gasteiger partial charge in [0.05, 0.1) is 12.7 Å². The molecule has 2 aromatic rings. The molecule has 1 atom stereocenters. The van der Waals surface area contributed by atoms with Crippen LogP contribution in [-0.4, -0.2) is 35.9 Å². The predicted octanol–water partition coefficient (Wildman–Crippen LogP) is 3.84. The van der Waals surface area contributed by atoms with Crippen molar-refractivity contribution < 1.29 is 22.6 Å². The van der Waals surface area contributed by atoms with E-state index in [1.807, 2.05) is 0 Å². The molecule has 1 unspecified atom stereocenters. The summed E-state index contributed by atoms with van der Waals surface area (Å²) in [5.74, 6) is -0.150. The van der Waals surface area contributed by atoms with E-state index in [1.54, 1.807) is 24.3 Å². The van der Waals surface area contributed by atoms with E-state index < -0.39 is 23.2 Å². The van der Waals surface area contributed by atoms with E-state index in [9.17, 15) is 13.2 Å². The van der Waals surface area contributed by atoms with Gasteiger partial charge >= 0.3 is 6.18 Å². The van der Waals surface area contributed by atoms with Gasteiger partial charge in [-0.1, -0.05) is 24.3 Å². The van der Waals surface area contributed by atoms with Crippen LogP contribution in [0.3, 0.4) is 0 Å². The van der Waals surface area contributed by atoms with Crippen LogP contribution in [0.5, 0.6) is 5.75 Å². The molecule has 33 heavy (non-hydrogen) atoms. The lowest BCUT2D eigenvalue weighted by molar-refractivity contribution is -0.137. The summed E-state index contributed by atoms with van der Waals surface area (Å²) in [7, 11) is 1.45. The van der Waals surface area contributed by atoms with Crippen LogP contribution in [0.4, 0.5) is 13.2 Å². The van der Waals surface area contributed by atoms with Crippen molar-refractivity contribution in [3.63, 3.8) is 0 Å². The number of rotatable bonds is 2. The van der Waals surface area contributed by atoms with E-state index in [0.717, 1.165) is 17.1 Å². The second-order valence-electron chi connectivity index (χ2n) is 7.03. The van der Waals surface area contributed by atoms with Gasteiger partial charge in [0.15, 0.2) is 0 Å². The number of hydrogen-bond acceptors (Lipinski definition) is 7. The maximum Gasteiger partial charge on any atom is 0.416 e. The molecule has 0 spiro atoms. The Bertz CT molecular complexity index is 1190. The van der Waals surface area contributed by atoms with Crippen LogP contribution < -0.4 is 15.8 Å². The molecule has 0 aromatic heterocycles. The van der Waals surface area contributed by atoms with Crippen molar-refractivity contribution in [2.24, 2.45) is 15.8 Å². The molecular weight excluding hydrogens is 461 g/mol. The third-order valence-corrected chi connectivity index (χ3v) is 5.17. The number of hydrazone groups is 1.